The van der Waals surface area contributed by atoms with Gasteiger partial charge in [0.05, 0.1) is 23.3 Å². The van der Waals surface area contributed by atoms with Crippen LogP contribution in [-0.4, -0.2) is 16.8 Å². The molecule has 0 radical (unpaired) electrons. The van der Waals surface area contributed by atoms with Crippen LogP contribution in [0.3, 0.4) is 0 Å². The molecular formula is C21H18N2O2S2. The van der Waals surface area contributed by atoms with Gasteiger partial charge in [-0.1, -0.05) is 53.8 Å². The summed E-state index contributed by atoms with van der Waals surface area (Å²) in [6.07, 6.45) is 2.99. The van der Waals surface area contributed by atoms with Gasteiger partial charge in [-0.15, -0.1) is 0 Å². The van der Waals surface area contributed by atoms with Crippen LogP contribution in [0.2, 0.25) is 0 Å². The molecule has 27 heavy (non-hydrogen) atoms. The van der Waals surface area contributed by atoms with E-state index in [1.807, 2.05) is 61.5 Å². The highest BCUT2D eigenvalue weighted by molar-refractivity contribution is 8.27. The first kappa shape index (κ1) is 19.2. The number of thioether (sulfide) groups is 1. The van der Waals surface area contributed by atoms with Crippen LogP contribution in [-0.2, 0) is 4.79 Å². The molecule has 0 N–H and O–H groups in total. The maximum Gasteiger partial charge on any atom is 0.270 e. The monoisotopic (exact) mass is 394 g/mol. The SMILES string of the molecule is Cc1ccc(N2C(=O)/C(=C/c3cccc(OCCCC#N)c3)SC2=S)cc1. The number of hydrogen-bond donors (Lipinski definition) is 0. The van der Waals surface area contributed by atoms with E-state index >= 15 is 0 Å². The van der Waals surface area contributed by atoms with Crippen LogP contribution < -0.4 is 9.64 Å². The van der Waals surface area contributed by atoms with E-state index in [1.165, 1.54) is 11.8 Å². The van der Waals surface area contributed by atoms with Crippen molar-refractivity contribution in [3.8, 4) is 11.8 Å². The molecule has 1 amide bonds. The first-order valence-electron chi connectivity index (χ1n) is 8.53. The summed E-state index contributed by atoms with van der Waals surface area (Å²) < 4.78 is 6.18. The van der Waals surface area contributed by atoms with Crippen molar-refractivity contribution in [2.75, 3.05) is 11.5 Å². The molecule has 0 saturated carbocycles. The van der Waals surface area contributed by atoms with Gasteiger partial charge in [0.25, 0.3) is 5.91 Å². The van der Waals surface area contributed by atoms with Crippen LogP contribution in [0.15, 0.2) is 53.4 Å². The summed E-state index contributed by atoms with van der Waals surface area (Å²) in [5.74, 6) is 0.602. The van der Waals surface area contributed by atoms with Gasteiger partial charge in [0, 0.05) is 6.42 Å². The molecule has 2 aromatic carbocycles. The lowest BCUT2D eigenvalue weighted by Gasteiger charge is -2.14. The third kappa shape index (κ3) is 4.76. The number of unbranched alkanes of at least 4 members (excludes halogenated alkanes) is 1. The van der Waals surface area contributed by atoms with Gasteiger partial charge in [0.15, 0.2) is 4.32 Å². The van der Waals surface area contributed by atoms with Crippen molar-refractivity contribution in [2.24, 2.45) is 0 Å². The predicted molar refractivity (Wildman–Crippen MR) is 114 cm³/mol. The Labute approximate surface area is 168 Å². The lowest BCUT2D eigenvalue weighted by atomic mass is 10.2. The number of benzene rings is 2. The molecule has 0 bridgehead atoms. The molecule has 6 heteroatoms. The Morgan fingerprint density at radius 2 is 2.04 bits per heavy atom. The maximum absolute atomic E-state index is 12.8. The molecule has 1 saturated heterocycles. The van der Waals surface area contributed by atoms with Gasteiger partial charge in [-0.25, -0.2) is 0 Å². The number of hydrogen-bond acceptors (Lipinski definition) is 5. The van der Waals surface area contributed by atoms with Gasteiger partial charge in [0.2, 0.25) is 0 Å². The lowest BCUT2D eigenvalue weighted by molar-refractivity contribution is -0.113. The standard InChI is InChI=1S/C21H18N2O2S2/c1-15-7-9-17(10-8-15)23-20(24)19(27-21(23)26)14-16-5-4-6-18(13-16)25-12-3-2-11-22/h4-10,13-14H,2-3,12H2,1H3/b19-14-. The molecule has 0 atom stereocenters. The molecule has 0 aliphatic carbocycles. The minimum Gasteiger partial charge on any atom is -0.494 e. The zero-order valence-corrected chi connectivity index (χ0v) is 16.5. The summed E-state index contributed by atoms with van der Waals surface area (Å²) in [5.41, 5.74) is 2.78. The summed E-state index contributed by atoms with van der Waals surface area (Å²) in [6.45, 7) is 2.50. The van der Waals surface area contributed by atoms with Crippen molar-refractivity contribution in [1.29, 1.82) is 5.26 Å². The third-order valence-electron chi connectivity index (χ3n) is 3.94. The minimum absolute atomic E-state index is 0.116. The van der Waals surface area contributed by atoms with Gasteiger partial charge >= 0.3 is 0 Å². The van der Waals surface area contributed by atoms with Crippen LogP contribution in [0, 0.1) is 18.3 Å². The highest BCUT2D eigenvalue weighted by atomic mass is 32.2. The fourth-order valence-electron chi connectivity index (χ4n) is 2.57. The molecule has 0 unspecified atom stereocenters. The molecule has 1 aliphatic heterocycles. The number of carbonyl (C=O) groups excluding carboxylic acids is 1. The van der Waals surface area contributed by atoms with Crippen molar-refractivity contribution < 1.29 is 9.53 Å². The van der Waals surface area contributed by atoms with E-state index in [4.69, 9.17) is 22.2 Å². The number of aryl methyl sites for hydroxylation is 1. The summed E-state index contributed by atoms with van der Waals surface area (Å²) in [7, 11) is 0. The Hall–Kier alpha value is -2.62. The molecule has 0 spiro atoms. The molecule has 1 heterocycles. The van der Waals surface area contributed by atoms with Crippen LogP contribution in [0.1, 0.15) is 24.0 Å². The molecule has 136 valence electrons. The topological polar surface area (TPSA) is 53.3 Å². The molecular weight excluding hydrogens is 376 g/mol. The number of rotatable bonds is 6. The number of ether oxygens (including phenoxy) is 1. The molecule has 3 rings (SSSR count). The number of thiocarbonyl (C=S) groups is 1. The van der Waals surface area contributed by atoms with Crippen molar-refractivity contribution in [2.45, 2.75) is 19.8 Å². The maximum atomic E-state index is 12.8. The van der Waals surface area contributed by atoms with E-state index < -0.39 is 0 Å². The fourth-order valence-corrected chi connectivity index (χ4v) is 3.87. The predicted octanol–water partition coefficient (Wildman–Crippen LogP) is 5.08. The van der Waals surface area contributed by atoms with Crippen LogP contribution in [0.5, 0.6) is 5.75 Å². The zero-order chi connectivity index (χ0) is 19.2. The van der Waals surface area contributed by atoms with Crippen LogP contribution >= 0.6 is 24.0 Å². The van der Waals surface area contributed by atoms with Gasteiger partial charge in [-0.05, 0) is 49.2 Å². The fraction of sp³-hybridized carbons (Fsp3) is 0.190. The molecule has 2 aromatic rings. The van der Waals surface area contributed by atoms with Crippen molar-refractivity contribution in [1.82, 2.24) is 0 Å². The Morgan fingerprint density at radius 1 is 1.26 bits per heavy atom. The highest BCUT2D eigenvalue weighted by Gasteiger charge is 2.33. The third-order valence-corrected chi connectivity index (χ3v) is 5.25. The number of carbonyl (C=O) groups is 1. The van der Waals surface area contributed by atoms with Crippen molar-refractivity contribution in [3.05, 3.63) is 64.6 Å². The number of amides is 1. The largest absolute Gasteiger partial charge is 0.494 e. The number of anilines is 1. The zero-order valence-electron chi connectivity index (χ0n) is 14.8. The first-order valence-corrected chi connectivity index (χ1v) is 9.75. The second-order valence-electron chi connectivity index (χ2n) is 6.04. The Kier molecular flexibility index (Phi) is 6.28. The van der Waals surface area contributed by atoms with Gasteiger partial charge < -0.3 is 4.74 Å². The van der Waals surface area contributed by atoms with E-state index in [-0.39, 0.29) is 5.91 Å². The van der Waals surface area contributed by atoms with E-state index in [0.29, 0.717) is 28.7 Å². The van der Waals surface area contributed by atoms with E-state index in [1.54, 1.807) is 4.90 Å². The average molecular weight is 395 g/mol. The summed E-state index contributed by atoms with van der Waals surface area (Å²) in [4.78, 5) is 15.0. The molecule has 1 aliphatic rings. The van der Waals surface area contributed by atoms with Gasteiger partial charge in [-0.2, -0.15) is 5.26 Å². The van der Waals surface area contributed by atoms with E-state index in [2.05, 4.69) is 6.07 Å². The summed E-state index contributed by atoms with van der Waals surface area (Å²) in [6, 6.07) is 17.4. The smallest absolute Gasteiger partial charge is 0.270 e. The van der Waals surface area contributed by atoms with Gasteiger partial charge in [0.1, 0.15) is 5.75 Å². The van der Waals surface area contributed by atoms with Crippen molar-refractivity contribution >= 4 is 46.0 Å². The molecule has 4 nitrogen and oxygen atoms in total. The minimum atomic E-state index is -0.116. The normalized spacial score (nSPS) is 15.3. The van der Waals surface area contributed by atoms with Crippen LogP contribution in [0.4, 0.5) is 5.69 Å². The van der Waals surface area contributed by atoms with Gasteiger partial charge in [-0.3, -0.25) is 9.69 Å². The molecule has 0 aromatic heterocycles. The van der Waals surface area contributed by atoms with Crippen molar-refractivity contribution in [3.63, 3.8) is 0 Å². The summed E-state index contributed by atoms with van der Waals surface area (Å²) in [5, 5.41) is 8.57. The first-order chi connectivity index (χ1) is 13.1. The Bertz CT molecular complexity index is 930. The lowest BCUT2D eigenvalue weighted by Crippen LogP contribution is -2.27. The number of nitriles is 1. The Balaban J connectivity index is 1.76. The quantitative estimate of drug-likeness (QED) is 0.388. The second-order valence-corrected chi connectivity index (χ2v) is 7.71. The van der Waals surface area contributed by atoms with E-state index in [0.717, 1.165) is 22.6 Å². The summed E-state index contributed by atoms with van der Waals surface area (Å²) >= 11 is 6.71. The second kappa shape index (κ2) is 8.85. The van der Waals surface area contributed by atoms with Crippen LogP contribution in [0.25, 0.3) is 6.08 Å². The average Bonchev–Trinajstić information content (AvgIpc) is 2.93. The Morgan fingerprint density at radius 3 is 2.78 bits per heavy atom. The molecule has 1 fully saturated rings. The van der Waals surface area contributed by atoms with E-state index in [9.17, 15) is 4.79 Å². The highest BCUT2D eigenvalue weighted by Crippen LogP contribution is 2.36. The number of nitrogens with zero attached hydrogens (tertiary/aromatic N) is 2.